The predicted octanol–water partition coefficient (Wildman–Crippen LogP) is 1.45. The van der Waals surface area contributed by atoms with Gasteiger partial charge >= 0.3 is 5.97 Å². The van der Waals surface area contributed by atoms with Crippen LogP contribution >= 0.6 is 11.5 Å². The van der Waals surface area contributed by atoms with E-state index in [2.05, 4.69) is 14.9 Å². The van der Waals surface area contributed by atoms with Gasteiger partial charge in [0.25, 0.3) is 5.91 Å². The fourth-order valence-electron chi connectivity index (χ4n) is 2.27. The molecular formula is C11H15N3O3S. The Morgan fingerprint density at radius 1 is 1.28 bits per heavy atom. The molecular weight excluding hydrogens is 254 g/mol. The number of hydrogen-bond donors (Lipinski definition) is 2. The Hall–Kier alpha value is -1.50. The average Bonchev–Trinajstić information content (AvgIpc) is 2.77. The Morgan fingerprint density at radius 2 is 1.94 bits per heavy atom. The van der Waals surface area contributed by atoms with Crippen LogP contribution in [0.25, 0.3) is 0 Å². The summed E-state index contributed by atoms with van der Waals surface area (Å²) < 4.78 is 3.61. The maximum absolute atomic E-state index is 12.0. The van der Waals surface area contributed by atoms with E-state index in [1.165, 1.54) is 6.20 Å². The number of aliphatic carboxylic acids is 1. The summed E-state index contributed by atoms with van der Waals surface area (Å²) in [6, 6.07) is 0. The van der Waals surface area contributed by atoms with Gasteiger partial charge in [0.2, 0.25) is 0 Å². The van der Waals surface area contributed by atoms with Gasteiger partial charge in [0.05, 0.1) is 6.20 Å². The summed E-state index contributed by atoms with van der Waals surface area (Å²) in [4.78, 5) is 23.8. The average molecular weight is 269 g/mol. The zero-order valence-electron chi connectivity index (χ0n) is 9.89. The van der Waals surface area contributed by atoms with Gasteiger partial charge in [0, 0.05) is 0 Å². The third-order valence-corrected chi connectivity index (χ3v) is 3.97. The molecule has 98 valence electrons. The minimum Gasteiger partial charge on any atom is -0.480 e. The maximum Gasteiger partial charge on any atom is 0.329 e. The number of amides is 1. The van der Waals surface area contributed by atoms with Gasteiger partial charge in [-0.05, 0) is 24.4 Å². The summed E-state index contributed by atoms with van der Waals surface area (Å²) in [6.45, 7) is 0. The number of carbonyl (C=O) groups excluding carboxylic acids is 1. The number of hydrogen-bond acceptors (Lipinski definition) is 5. The van der Waals surface area contributed by atoms with Crippen molar-refractivity contribution in [3.05, 3.63) is 11.1 Å². The molecule has 7 heteroatoms. The molecule has 1 aromatic rings. The molecule has 0 radical (unpaired) electrons. The molecule has 1 aromatic heterocycles. The molecule has 2 N–H and O–H groups in total. The van der Waals surface area contributed by atoms with E-state index in [-0.39, 0.29) is 0 Å². The second-order valence-electron chi connectivity index (χ2n) is 4.54. The van der Waals surface area contributed by atoms with Crippen LogP contribution in [0.2, 0.25) is 0 Å². The van der Waals surface area contributed by atoms with Crippen molar-refractivity contribution >= 4 is 23.4 Å². The first kappa shape index (κ1) is 12.9. The van der Waals surface area contributed by atoms with Crippen molar-refractivity contribution in [2.24, 2.45) is 0 Å². The van der Waals surface area contributed by atoms with Gasteiger partial charge in [-0.1, -0.05) is 30.2 Å². The van der Waals surface area contributed by atoms with E-state index >= 15 is 0 Å². The SMILES string of the molecule is O=C(NC1(C(=O)O)CCCCCC1)c1cnns1. The Bertz CT molecular complexity index is 425. The van der Waals surface area contributed by atoms with Gasteiger partial charge in [0.15, 0.2) is 0 Å². The van der Waals surface area contributed by atoms with Crippen LogP contribution in [-0.4, -0.2) is 32.1 Å². The number of carboxylic acid groups (broad SMARTS) is 1. The lowest BCUT2D eigenvalue weighted by Gasteiger charge is -2.28. The van der Waals surface area contributed by atoms with Gasteiger partial charge in [-0.15, -0.1) is 5.10 Å². The van der Waals surface area contributed by atoms with Gasteiger partial charge in [-0.3, -0.25) is 4.79 Å². The first-order chi connectivity index (χ1) is 8.64. The lowest BCUT2D eigenvalue weighted by atomic mass is 9.90. The van der Waals surface area contributed by atoms with Crippen molar-refractivity contribution in [3.8, 4) is 0 Å². The molecule has 1 fully saturated rings. The molecule has 1 heterocycles. The summed E-state index contributed by atoms with van der Waals surface area (Å²) in [6.07, 6.45) is 6.02. The molecule has 18 heavy (non-hydrogen) atoms. The van der Waals surface area contributed by atoms with Crippen LogP contribution in [0, 0.1) is 0 Å². The first-order valence-electron chi connectivity index (χ1n) is 5.97. The van der Waals surface area contributed by atoms with Crippen molar-refractivity contribution in [2.45, 2.75) is 44.1 Å². The van der Waals surface area contributed by atoms with Crippen LogP contribution in [0.15, 0.2) is 6.20 Å². The maximum atomic E-state index is 12.0. The number of rotatable bonds is 3. The minimum atomic E-state index is -1.13. The Labute approximate surface area is 109 Å². The molecule has 1 saturated carbocycles. The van der Waals surface area contributed by atoms with Crippen LogP contribution in [0.5, 0.6) is 0 Å². The number of nitrogens with zero attached hydrogens (tertiary/aromatic N) is 2. The van der Waals surface area contributed by atoms with E-state index in [0.29, 0.717) is 17.7 Å². The van der Waals surface area contributed by atoms with Crippen molar-refractivity contribution in [1.82, 2.24) is 14.9 Å². The molecule has 0 aliphatic heterocycles. The number of nitrogens with one attached hydrogen (secondary N) is 1. The zero-order valence-corrected chi connectivity index (χ0v) is 10.7. The van der Waals surface area contributed by atoms with Crippen LogP contribution in [0.1, 0.15) is 48.2 Å². The molecule has 1 amide bonds. The number of carbonyl (C=O) groups is 2. The van der Waals surface area contributed by atoms with E-state index < -0.39 is 17.4 Å². The second-order valence-corrected chi connectivity index (χ2v) is 5.32. The number of carboxylic acids is 1. The summed E-state index contributed by atoms with van der Waals surface area (Å²) in [5.74, 6) is -1.34. The van der Waals surface area contributed by atoms with Gasteiger partial charge in [-0.2, -0.15) is 0 Å². The third-order valence-electron chi connectivity index (χ3n) is 3.30. The van der Waals surface area contributed by atoms with Crippen LogP contribution in [0.4, 0.5) is 0 Å². The summed E-state index contributed by atoms with van der Waals surface area (Å²) in [7, 11) is 0. The standard InChI is InChI=1S/C11H15N3O3S/c15-9(8-7-12-14-18-8)13-11(10(16)17)5-3-1-2-4-6-11/h7H,1-6H2,(H,13,15)(H,16,17). The zero-order chi connectivity index (χ0) is 13.0. The van der Waals surface area contributed by atoms with Crippen LogP contribution < -0.4 is 5.32 Å². The van der Waals surface area contributed by atoms with E-state index in [9.17, 15) is 14.7 Å². The topological polar surface area (TPSA) is 92.2 Å². The van der Waals surface area contributed by atoms with E-state index in [0.717, 1.165) is 37.2 Å². The smallest absolute Gasteiger partial charge is 0.329 e. The lowest BCUT2D eigenvalue weighted by molar-refractivity contribution is -0.145. The highest BCUT2D eigenvalue weighted by Crippen LogP contribution is 2.28. The van der Waals surface area contributed by atoms with E-state index in [4.69, 9.17) is 0 Å². The van der Waals surface area contributed by atoms with E-state index in [1.54, 1.807) is 0 Å². The minimum absolute atomic E-state index is 0.347. The van der Waals surface area contributed by atoms with Crippen molar-refractivity contribution in [1.29, 1.82) is 0 Å². The molecule has 6 nitrogen and oxygen atoms in total. The largest absolute Gasteiger partial charge is 0.480 e. The molecule has 1 aliphatic rings. The highest BCUT2D eigenvalue weighted by atomic mass is 32.1. The fraction of sp³-hybridized carbons (Fsp3) is 0.636. The lowest BCUT2D eigenvalue weighted by Crippen LogP contribution is -2.54. The molecule has 0 aromatic carbocycles. The Kier molecular flexibility index (Phi) is 3.90. The van der Waals surface area contributed by atoms with Crippen molar-refractivity contribution in [3.63, 3.8) is 0 Å². The molecule has 2 rings (SSSR count). The Morgan fingerprint density at radius 3 is 2.44 bits per heavy atom. The number of aromatic nitrogens is 2. The monoisotopic (exact) mass is 269 g/mol. The summed E-state index contributed by atoms with van der Waals surface area (Å²) >= 11 is 0.969. The molecule has 0 bridgehead atoms. The van der Waals surface area contributed by atoms with Gasteiger partial charge in [0.1, 0.15) is 10.4 Å². The molecule has 0 saturated heterocycles. The highest BCUT2D eigenvalue weighted by Gasteiger charge is 2.40. The summed E-state index contributed by atoms with van der Waals surface area (Å²) in [5, 5.41) is 15.7. The van der Waals surface area contributed by atoms with Gasteiger partial charge < -0.3 is 10.4 Å². The molecule has 0 spiro atoms. The van der Waals surface area contributed by atoms with Crippen molar-refractivity contribution in [2.75, 3.05) is 0 Å². The molecule has 1 aliphatic carbocycles. The van der Waals surface area contributed by atoms with Crippen LogP contribution in [-0.2, 0) is 4.79 Å². The van der Waals surface area contributed by atoms with Crippen molar-refractivity contribution < 1.29 is 14.7 Å². The third kappa shape index (κ3) is 2.66. The molecule has 0 atom stereocenters. The quantitative estimate of drug-likeness (QED) is 0.810. The van der Waals surface area contributed by atoms with Gasteiger partial charge in [-0.25, -0.2) is 4.79 Å². The first-order valence-corrected chi connectivity index (χ1v) is 6.75. The fourth-order valence-corrected chi connectivity index (χ4v) is 2.68. The normalized spacial score (nSPS) is 18.9. The predicted molar refractivity (Wildman–Crippen MR) is 65.4 cm³/mol. The van der Waals surface area contributed by atoms with Crippen LogP contribution in [0.3, 0.4) is 0 Å². The second kappa shape index (κ2) is 5.43. The molecule has 0 unspecified atom stereocenters. The highest BCUT2D eigenvalue weighted by molar-refractivity contribution is 7.07. The van der Waals surface area contributed by atoms with E-state index in [1.807, 2.05) is 0 Å². The summed E-state index contributed by atoms with van der Waals surface area (Å²) in [5.41, 5.74) is -1.13. The Balaban J connectivity index is 2.15.